The van der Waals surface area contributed by atoms with Crippen LogP contribution in [0.4, 0.5) is 28.4 Å². The summed E-state index contributed by atoms with van der Waals surface area (Å²) in [6.07, 6.45) is 13.1. The topological polar surface area (TPSA) is 175 Å². The maximum atomic E-state index is 12.9. The van der Waals surface area contributed by atoms with E-state index in [9.17, 15) is 9.59 Å². The van der Waals surface area contributed by atoms with Crippen LogP contribution >= 0.6 is 0 Å². The van der Waals surface area contributed by atoms with Gasteiger partial charge in [0.05, 0.1) is 11.4 Å². The fourth-order valence-corrected chi connectivity index (χ4v) is 8.72. The molecule has 1 aliphatic rings. The van der Waals surface area contributed by atoms with Gasteiger partial charge in [-0.2, -0.15) is 0 Å². The zero-order valence-corrected chi connectivity index (χ0v) is 42.7. The molecule has 0 fully saturated rings. The van der Waals surface area contributed by atoms with E-state index < -0.39 is 0 Å². The van der Waals surface area contributed by atoms with Gasteiger partial charge < -0.3 is 38.1 Å². The zero-order valence-electron chi connectivity index (χ0n) is 42.7. The minimum Gasteiger partial charge on any atom is -0.398 e. The van der Waals surface area contributed by atoms with Crippen LogP contribution < -0.4 is 42.6 Å². The summed E-state index contributed by atoms with van der Waals surface area (Å²) in [7, 11) is 0. The average Bonchev–Trinajstić information content (AvgIpc) is 3.37. The van der Waals surface area contributed by atoms with Gasteiger partial charge in [0.1, 0.15) is 11.0 Å². The van der Waals surface area contributed by atoms with Crippen LogP contribution in [0.15, 0.2) is 113 Å². The van der Waals surface area contributed by atoms with Crippen molar-refractivity contribution in [2.45, 2.75) is 99.3 Å². The van der Waals surface area contributed by atoms with Gasteiger partial charge in [-0.3, -0.25) is 14.6 Å². The van der Waals surface area contributed by atoms with Gasteiger partial charge in [0.15, 0.2) is 0 Å². The van der Waals surface area contributed by atoms with Crippen LogP contribution in [0.1, 0.15) is 116 Å². The van der Waals surface area contributed by atoms with Crippen molar-refractivity contribution in [2.75, 3.05) is 48.3 Å². The SMILES string of the molecule is CC#CNc1cc(N)c(C)cc1N=C1C=C(C)C(NCCCCCCNC(=O)c2ccc(-c3ccc(C(=O)NCCCCCCNc4cc5c(cc4C)nc4cc(C)c(N)cc4[n+]5C#CC)cc3)cc2)=CC1. The lowest BCUT2D eigenvalue weighted by Gasteiger charge is -2.17. The molecule has 0 saturated heterocycles. The molecule has 1 aliphatic carbocycles. The first-order valence-electron chi connectivity index (χ1n) is 25.2. The standard InChI is InChI=1S/C60H68N10O2/c1-7-27-63-53-37-49(61)40(3)34-54(53)68-48-25-26-51(42(5)33-48)64-28-13-9-11-15-30-66-59(71)46-21-17-44(18-22-46)45-19-23-47(24-20-45)60(72)67-31-16-12-10-14-29-65-52-39-58-56(36-43(52)6)69-55-35-41(4)50(62)38-57(55)70(58)32-8-2/h17-24,26,33-39,63-64H,9-16,25,28-31,61H2,1-6H3,(H4,62,65,66,67,71,72)/p+1. The largest absolute Gasteiger partial charge is 0.398 e. The third-order valence-corrected chi connectivity index (χ3v) is 13.0. The van der Waals surface area contributed by atoms with Crippen LogP contribution in [0, 0.1) is 44.7 Å². The van der Waals surface area contributed by atoms with Crippen molar-refractivity contribution in [3.05, 3.63) is 136 Å². The molecule has 6 aromatic rings. The van der Waals surface area contributed by atoms with E-state index in [1.165, 1.54) is 0 Å². The molecule has 2 amide bonds. The van der Waals surface area contributed by atoms with E-state index in [2.05, 4.69) is 88.6 Å². The number of anilines is 4. The molecule has 7 rings (SSSR count). The molecule has 0 spiro atoms. The second-order valence-electron chi connectivity index (χ2n) is 18.5. The quantitative estimate of drug-likeness (QED) is 0.00931. The number of hydrogen-bond donors (Lipinski definition) is 7. The normalized spacial score (nSPS) is 12.6. The number of nitrogens with zero attached hydrogens (tertiary/aromatic N) is 3. The number of unbranched alkanes of at least 4 members (excludes halogenated alkanes) is 6. The lowest BCUT2D eigenvalue weighted by molar-refractivity contribution is -0.525. The van der Waals surface area contributed by atoms with Gasteiger partial charge in [-0.1, -0.05) is 66.5 Å². The molecule has 1 aromatic heterocycles. The molecule has 0 aliphatic heterocycles. The van der Waals surface area contributed by atoms with Crippen molar-refractivity contribution in [2.24, 2.45) is 4.99 Å². The smallest absolute Gasteiger partial charge is 0.251 e. The number of aryl methyl sites for hydroxylation is 3. The molecular weight excluding hydrogens is 893 g/mol. The Bertz CT molecular complexity index is 3160. The summed E-state index contributed by atoms with van der Waals surface area (Å²) in [5.74, 6) is 5.75. The molecule has 9 N–H and O–H groups in total. The number of rotatable bonds is 21. The number of nitrogen functional groups attached to an aromatic ring is 2. The molecule has 0 radical (unpaired) electrons. The number of benzene rings is 5. The van der Waals surface area contributed by atoms with E-state index in [1.54, 1.807) is 6.92 Å². The van der Waals surface area contributed by atoms with Crippen LogP contribution in [0.2, 0.25) is 0 Å². The van der Waals surface area contributed by atoms with E-state index >= 15 is 0 Å². The predicted molar refractivity (Wildman–Crippen MR) is 298 cm³/mol. The molecule has 0 atom stereocenters. The lowest BCUT2D eigenvalue weighted by atomic mass is 10.0. The third kappa shape index (κ3) is 13.6. The van der Waals surface area contributed by atoms with Crippen molar-refractivity contribution in [1.82, 2.24) is 20.9 Å². The number of allylic oxidation sites excluding steroid dienone is 3. The molecule has 370 valence electrons. The number of fused-ring (bicyclic) bond motifs is 2. The Hall–Kier alpha value is -8.09. The van der Waals surface area contributed by atoms with E-state index in [1.807, 2.05) is 98.1 Å². The Labute approximate surface area is 425 Å². The summed E-state index contributed by atoms with van der Waals surface area (Å²) >= 11 is 0. The highest BCUT2D eigenvalue weighted by Gasteiger charge is 2.19. The first-order valence-corrected chi connectivity index (χ1v) is 25.2. The summed E-state index contributed by atoms with van der Waals surface area (Å²) in [4.78, 5) is 35.7. The van der Waals surface area contributed by atoms with Crippen LogP contribution in [0.25, 0.3) is 33.2 Å². The molecular formula is C60H69N10O2+. The number of carbonyl (C=O) groups excluding carboxylic acids is 2. The lowest BCUT2D eigenvalue weighted by Crippen LogP contribution is -2.31. The van der Waals surface area contributed by atoms with Crippen LogP contribution in [0.3, 0.4) is 0 Å². The minimum absolute atomic E-state index is 0.0731. The maximum absolute atomic E-state index is 12.9. The number of aliphatic imine (C=N–C) groups is 1. The Kier molecular flexibility index (Phi) is 18.1. The summed E-state index contributed by atoms with van der Waals surface area (Å²) < 4.78 is 1.98. The number of aromatic nitrogens is 2. The minimum atomic E-state index is -0.0775. The summed E-state index contributed by atoms with van der Waals surface area (Å²) in [6.45, 7) is 14.8. The molecule has 1 heterocycles. The van der Waals surface area contributed by atoms with E-state index in [4.69, 9.17) is 21.4 Å². The number of nitrogens with two attached hydrogens (primary N) is 2. The first kappa shape index (κ1) is 51.8. The number of amides is 2. The summed E-state index contributed by atoms with van der Waals surface area (Å²) in [5.41, 5.74) is 29.7. The number of nitrogens with one attached hydrogen (secondary N) is 5. The van der Waals surface area contributed by atoms with E-state index in [0.29, 0.717) is 29.9 Å². The molecule has 0 saturated carbocycles. The van der Waals surface area contributed by atoms with Gasteiger partial charge in [-0.25, -0.2) is 4.98 Å². The van der Waals surface area contributed by atoms with Crippen LogP contribution in [-0.4, -0.2) is 48.7 Å². The van der Waals surface area contributed by atoms with Crippen molar-refractivity contribution in [1.29, 1.82) is 0 Å². The highest BCUT2D eigenvalue weighted by molar-refractivity contribution is 6.01. The molecule has 12 heteroatoms. The van der Waals surface area contributed by atoms with Gasteiger partial charge >= 0.3 is 0 Å². The molecule has 0 unspecified atom stereocenters. The van der Waals surface area contributed by atoms with Gasteiger partial charge in [0.2, 0.25) is 17.1 Å². The van der Waals surface area contributed by atoms with E-state index in [0.717, 1.165) is 160 Å². The Morgan fingerprint density at radius 3 is 1.75 bits per heavy atom. The highest BCUT2D eigenvalue weighted by Crippen LogP contribution is 2.32. The maximum Gasteiger partial charge on any atom is 0.251 e. The van der Waals surface area contributed by atoms with E-state index in [-0.39, 0.29) is 11.8 Å². The molecule has 0 bridgehead atoms. The Morgan fingerprint density at radius 2 is 1.17 bits per heavy atom. The fourth-order valence-electron chi connectivity index (χ4n) is 8.72. The zero-order chi connectivity index (χ0) is 51.0. The Balaban J connectivity index is 0.750. The van der Waals surface area contributed by atoms with Crippen LogP contribution in [-0.2, 0) is 0 Å². The summed E-state index contributed by atoms with van der Waals surface area (Å²) in [6, 6.07) is 33.4. The van der Waals surface area contributed by atoms with Crippen molar-refractivity contribution >= 4 is 68.0 Å². The fraction of sp³-hybridized carbons (Fsp3) is 0.317. The second kappa shape index (κ2) is 25.2. The summed E-state index contributed by atoms with van der Waals surface area (Å²) in [5, 5.41) is 16.5. The van der Waals surface area contributed by atoms with Gasteiger partial charge in [0, 0.05) is 97.3 Å². The number of hydrogen-bond acceptors (Lipinski definition) is 9. The monoisotopic (exact) mass is 962 g/mol. The molecule has 72 heavy (non-hydrogen) atoms. The first-order chi connectivity index (χ1) is 34.9. The van der Waals surface area contributed by atoms with Crippen molar-refractivity contribution < 1.29 is 14.2 Å². The Morgan fingerprint density at radius 1 is 0.625 bits per heavy atom. The second-order valence-corrected chi connectivity index (χ2v) is 18.5. The van der Waals surface area contributed by atoms with Gasteiger partial charge in [0.25, 0.3) is 11.8 Å². The van der Waals surface area contributed by atoms with Crippen molar-refractivity contribution in [3.63, 3.8) is 0 Å². The van der Waals surface area contributed by atoms with Gasteiger partial charge in [-0.15, -0.1) is 0 Å². The number of carbonyl (C=O) groups is 2. The predicted octanol–water partition coefficient (Wildman–Crippen LogP) is 10.9. The highest BCUT2D eigenvalue weighted by atomic mass is 16.2. The van der Waals surface area contributed by atoms with Gasteiger partial charge in [-0.05, 0) is 154 Å². The molecule has 5 aromatic carbocycles. The third-order valence-electron chi connectivity index (χ3n) is 13.0. The van der Waals surface area contributed by atoms with Crippen molar-refractivity contribution in [3.8, 4) is 35.1 Å². The molecule has 12 nitrogen and oxygen atoms in total. The van der Waals surface area contributed by atoms with Crippen LogP contribution in [0.5, 0.6) is 0 Å². The average molecular weight is 962 g/mol.